The molecule has 0 aliphatic heterocycles. The average Bonchev–Trinajstić information content (AvgIpc) is 2.93. The van der Waals surface area contributed by atoms with Crippen molar-refractivity contribution >= 4 is 10.9 Å². The fourth-order valence-corrected chi connectivity index (χ4v) is 2.21. The van der Waals surface area contributed by atoms with Crippen molar-refractivity contribution in [1.82, 2.24) is 19.7 Å². The molecule has 1 aromatic carbocycles. The van der Waals surface area contributed by atoms with E-state index in [9.17, 15) is 0 Å². The average molecular weight is 240 g/mol. The smallest absolute Gasteiger partial charge is 0.116 e. The molecule has 0 amide bonds. The van der Waals surface area contributed by atoms with Crippen LogP contribution in [0.15, 0.2) is 30.6 Å². The maximum atomic E-state index is 4.59. The lowest BCUT2D eigenvalue weighted by molar-refractivity contribution is 0.751. The molecule has 4 nitrogen and oxygen atoms in total. The van der Waals surface area contributed by atoms with Crippen LogP contribution in [0.25, 0.3) is 16.6 Å². The summed E-state index contributed by atoms with van der Waals surface area (Å²) in [5.41, 5.74) is 3.24. The van der Waals surface area contributed by atoms with E-state index in [1.54, 1.807) is 0 Å². The van der Waals surface area contributed by atoms with Gasteiger partial charge in [-0.2, -0.15) is 5.10 Å². The maximum Gasteiger partial charge on any atom is 0.116 e. The summed E-state index contributed by atoms with van der Waals surface area (Å²) in [4.78, 5) is 4.59. The molecule has 0 radical (unpaired) electrons. The second kappa shape index (κ2) is 3.98. The summed E-state index contributed by atoms with van der Waals surface area (Å²) in [6, 6.07) is 6.27. The Balaban J connectivity index is 2.18. The molecule has 2 aromatic heterocycles. The number of imidazole rings is 1. The fourth-order valence-electron chi connectivity index (χ4n) is 2.21. The fraction of sp³-hybridized carbons (Fsp3) is 0.286. The second-order valence-corrected chi connectivity index (χ2v) is 4.91. The molecule has 2 heterocycles. The highest BCUT2D eigenvalue weighted by atomic mass is 15.1. The highest BCUT2D eigenvalue weighted by Crippen LogP contribution is 2.22. The lowest BCUT2D eigenvalue weighted by Crippen LogP contribution is -2.01. The number of hydrogen-bond acceptors (Lipinski definition) is 2. The van der Waals surface area contributed by atoms with Gasteiger partial charge in [0.2, 0.25) is 0 Å². The zero-order chi connectivity index (χ0) is 12.7. The van der Waals surface area contributed by atoms with E-state index in [0.717, 1.165) is 28.1 Å². The minimum Gasteiger partial charge on any atom is -0.303 e. The van der Waals surface area contributed by atoms with Crippen molar-refractivity contribution in [3.8, 4) is 5.69 Å². The zero-order valence-electron chi connectivity index (χ0n) is 10.8. The Hall–Kier alpha value is -2.10. The van der Waals surface area contributed by atoms with Crippen LogP contribution in [-0.2, 0) is 0 Å². The number of H-pyrrole nitrogens is 1. The predicted octanol–water partition coefficient (Wildman–Crippen LogP) is 3.18. The Morgan fingerprint density at radius 3 is 2.89 bits per heavy atom. The van der Waals surface area contributed by atoms with Crippen molar-refractivity contribution < 1.29 is 0 Å². The monoisotopic (exact) mass is 240 g/mol. The number of nitrogens with one attached hydrogen (secondary N) is 1. The summed E-state index contributed by atoms with van der Waals surface area (Å²) in [5, 5.41) is 8.13. The third-order valence-electron chi connectivity index (χ3n) is 3.07. The Labute approximate surface area is 106 Å². The summed E-state index contributed by atoms with van der Waals surface area (Å²) >= 11 is 0. The first kappa shape index (κ1) is 11.0. The maximum absolute atomic E-state index is 4.59. The molecule has 0 unspecified atom stereocenters. The van der Waals surface area contributed by atoms with Gasteiger partial charge < -0.3 is 4.57 Å². The van der Waals surface area contributed by atoms with Crippen LogP contribution in [0.4, 0.5) is 0 Å². The van der Waals surface area contributed by atoms with Crippen molar-refractivity contribution in [3.63, 3.8) is 0 Å². The lowest BCUT2D eigenvalue weighted by atomic mass is 10.2. The molecule has 0 saturated heterocycles. The molecular weight excluding hydrogens is 224 g/mol. The number of nitrogens with zero attached hydrogens (tertiary/aromatic N) is 3. The molecule has 0 aliphatic carbocycles. The predicted molar refractivity (Wildman–Crippen MR) is 72.0 cm³/mol. The molecule has 92 valence electrons. The van der Waals surface area contributed by atoms with Gasteiger partial charge in [-0.1, -0.05) is 13.8 Å². The van der Waals surface area contributed by atoms with Crippen LogP contribution in [-0.4, -0.2) is 19.7 Å². The van der Waals surface area contributed by atoms with Gasteiger partial charge in [-0.3, -0.25) is 5.10 Å². The van der Waals surface area contributed by atoms with E-state index >= 15 is 0 Å². The number of hydrogen-bond donors (Lipinski definition) is 1. The number of rotatable bonds is 2. The molecule has 4 heteroatoms. The molecule has 0 saturated carbocycles. The summed E-state index contributed by atoms with van der Waals surface area (Å²) in [7, 11) is 0. The van der Waals surface area contributed by atoms with E-state index in [-0.39, 0.29) is 0 Å². The summed E-state index contributed by atoms with van der Waals surface area (Å²) in [5.74, 6) is 1.49. The molecule has 0 bridgehead atoms. The SMILES string of the molecule is Cc1cn(-c2ccc3[nH]ncc3c2)c(C(C)C)n1. The van der Waals surface area contributed by atoms with Gasteiger partial charge in [-0.15, -0.1) is 0 Å². The van der Waals surface area contributed by atoms with Crippen LogP contribution in [0.1, 0.15) is 31.3 Å². The number of benzene rings is 1. The van der Waals surface area contributed by atoms with Gasteiger partial charge in [-0.05, 0) is 25.1 Å². The van der Waals surface area contributed by atoms with Crippen LogP contribution in [0, 0.1) is 6.92 Å². The van der Waals surface area contributed by atoms with Crippen molar-refractivity contribution in [1.29, 1.82) is 0 Å². The second-order valence-electron chi connectivity index (χ2n) is 4.91. The van der Waals surface area contributed by atoms with Crippen LogP contribution >= 0.6 is 0 Å². The zero-order valence-corrected chi connectivity index (χ0v) is 10.8. The first-order valence-electron chi connectivity index (χ1n) is 6.14. The van der Waals surface area contributed by atoms with Crippen molar-refractivity contribution in [2.24, 2.45) is 0 Å². The third kappa shape index (κ3) is 1.70. The van der Waals surface area contributed by atoms with Gasteiger partial charge in [0, 0.05) is 23.2 Å². The lowest BCUT2D eigenvalue weighted by Gasteiger charge is -2.10. The molecule has 0 aliphatic rings. The van der Waals surface area contributed by atoms with E-state index in [1.165, 1.54) is 0 Å². The molecular formula is C14H16N4. The Morgan fingerprint density at radius 2 is 2.11 bits per heavy atom. The van der Waals surface area contributed by atoms with Crippen molar-refractivity contribution in [2.75, 3.05) is 0 Å². The Kier molecular flexibility index (Phi) is 2.44. The van der Waals surface area contributed by atoms with Gasteiger partial charge in [0.05, 0.1) is 17.4 Å². The highest BCUT2D eigenvalue weighted by Gasteiger charge is 2.11. The number of fused-ring (bicyclic) bond motifs is 1. The van der Waals surface area contributed by atoms with E-state index in [1.807, 2.05) is 13.1 Å². The van der Waals surface area contributed by atoms with Crippen LogP contribution in [0.3, 0.4) is 0 Å². The molecule has 3 rings (SSSR count). The van der Waals surface area contributed by atoms with Crippen LogP contribution < -0.4 is 0 Å². The van der Waals surface area contributed by atoms with E-state index in [4.69, 9.17) is 0 Å². The molecule has 18 heavy (non-hydrogen) atoms. The molecule has 0 atom stereocenters. The molecule has 1 N–H and O–H groups in total. The van der Waals surface area contributed by atoms with Gasteiger partial charge in [0.1, 0.15) is 5.82 Å². The van der Waals surface area contributed by atoms with Crippen LogP contribution in [0.2, 0.25) is 0 Å². The number of aryl methyl sites for hydroxylation is 1. The van der Waals surface area contributed by atoms with Gasteiger partial charge >= 0.3 is 0 Å². The first-order chi connectivity index (χ1) is 8.65. The summed E-state index contributed by atoms with van der Waals surface area (Å²) < 4.78 is 2.16. The van der Waals surface area contributed by atoms with Crippen LogP contribution in [0.5, 0.6) is 0 Å². The summed E-state index contributed by atoms with van der Waals surface area (Å²) in [6.07, 6.45) is 3.92. The molecule has 3 aromatic rings. The van der Waals surface area contributed by atoms with Gasteiger partial charge in [0.15, 0.2) is 0 Å². The highest BCUT2D eigenvalue weighted by molar-refractivity contribution is 5.80. The van der Waals surface area contributed by atoms with Gasteiger partial charge in [-0.25, -0.2) is 4.98 Å². The normalized spacial score (nSPS) is 11.6. The minimum atomic E-state index is 0.402. The third-order valence-corrected chi connectivity index (χ3v) is 3.07. The van der Waals surface area contributed by atoms with Crippen molar-refractivity contribution in [2.45, 2.75) is 26.7 Å². The summed E-state index contributed by atoms with van der Waals surface area (Å²) in [6.45, 7) is 6.35. The minimum absolute atomic E-state index is 0.402. The van der Waals surface area contributed by atoms with Crippen molar-refractivity contribution in [3.05, 3.63) is 42.1 Å². The molecule has 0 fully saturated rings. The topological polar surface area (TPSA) is 46.5 Å². The molecule has 0 spiro atoms. The first-order valence-corrected chi connectivity index (χ1v) is 6.14. The van der Waals surface area contributed by atoms with Gasteiger partial charge in [0.25, 0.3) is 0 Å². The van der Waals surface area contributed by atoms with E-state index in [0.29, 0.717) is 5.92 Å². The quantitative estimate of drug-likeness (QED) is 0.747. The van der Waals surface area contributed by atoms with E-state index < -0.39 is 0 Å². The Morgan fingerprint density at radius 1 is 1.28 bits per heavy atom. The Bertz CT molecular complexity index is 691. The number of aromatic nitrogens is 4. The largest absolute Gasteiger partial charge is 0.303 e. The number of aromatic amines is 1. The standard InChI is InChI=1S/C14H16N4/c1-9(2)14-16-10(3)8-18(14)12-4-5-13-11(6-12)7-15-17-13/h4-9H,1-3H3,(H,15,17). The van der Waals surface area contributed by atoms with E-state index in [2.05, 4.69) is 58.0 Å².